The van der Waals surface area contributed by atoms with Crippen molar-refractivity contribution in [1.29, 1.82) is 0 Å². The molecule has 0 bridgehead atoms. The normalized spacial score (nSPS) is 20.5. The van der Waals surface area contributed by atoms with Gasteiger partial charge in [0.1, 0.15) is 4.32 Å². The first-order valence-corrected chi connectivity index (χ1v) is 7.36. The van der Waals surface area contributed by atoms with E-state index in [4.69, 9.17) is 12.2 Å². The van der Waals surface area contributed by atoms with Gasteiger partial charge in [-0.05, 0) is 25.7 Å². The number of rotatable bonds is 2. The second kappa shape index (κ2) is 5.87. The molecule has 2 saturated heterocycles. The molecule has 0 N–H and O–H groups in total. The van der Waals surface area contributed by atoms with Crippen molar-refractivity contribution in [3.63, 3.8) is 0 Å². The fraction of sp³-hybridized carbons (Fsp3) is 0.818. The molecule has 16 heavy (non-hydrogen) atoms. The number of thiocarbonyl (C=S) groups is 1. The van der Waals surface area contributed by atoms with Gasteiger partial charge in [0.15, 0.2) is 0 Å². The Hall–Kier alpha value is -0.290. The third kappa shape index (κ3) is 3.10. The standard InChI is InChI=1S/C11H18N2OS2/c14-10(12-5-1-2-6-12)9-16-11(15)13-7-3-4-8-13/h1-9H2. The zero-order valence-electron chi connectivity index (χ0n) is 9.48. The van der Waals surface area contributed by atoms with Gasteiger partial charge in [-0.25, -0.2) is 0 Å². The van der Waals surface area contributed by atoms with Gasteiger partial charge in [-0.15, -0.1) is 0 Å². The lowest BCUT2D eigenvalue weighted by Crippen LogP contribution is -2.31. The van der Waals surface area contributed by atoms with Gasteiger partial charge in [-0.2, -0.15) is 0 Å². The van der Waals surface area contributed by atoms with E-state index in [0.29, 0.717) is 5.75 Å². The quantitative estimate of drug-likeness (QED) is 0.704. The molecule has 2 rings (SSSR count). The molecular formula is C11H18N2OS2. The number of hydrogen-bond donors (Lipinski definition) is 0. The summed E-state index contributed by atoms with van der Waals surface area (Å²) in [7, 11) is 0. The number of amides is 1. The van der Waals surface area contributed by atoms with Crippen LogP contribution in [0.15, 0.2) is 0 Å². The van der Waals surface area contributed by atoms with Gasteiger partial charge in [0.05, 0.1) is 5.75 Å². The van der Waals surface area contributed by atoms with E-state index in [1.165, 1.54) is 24.6 Å². The fourth-order valence-corrected chi connectivity index (χ4v) is 3.33. The maximum Gasteiger partial charge on any atom is 0.233 e. The first kappa shape index (κ1) is 12.2. The average Bonchev–Trinajstić information content (AvgIpc) is 2.95. The molecule has 2 fully saturated rings. The highest BCUT2D eigenvalue weighted by Gasteiger charge is 2.20. The molecule has 0 unspecified atom stereocenters. The van der Waals surface area contributed by atoms with Gasteiger partial charge in [-0.1, -0.05) is 24.0 Å². The van der Waals surface area contributed by atoms with E-state index in [0.717, 1.165) is 43.3 Å². The van der Waals surface area contributed by atoms with Crippen LogP contribution >= 0.6 is 24.0 Å². The minimum Gasteiger partial charge on any atom is -0.358 e. The number of nitrogens with zero attached hydrogens (tertiary/aromatic N) is 2. The van der Waals surface area contributed by atoms with Crippen molar-refractivity contribution in [3.05, 3.63) is 0 Å². The number of carbonyl (C=O) groups excluding carboxylic acids is 1. The van der Waals surface area contributed by atoms with Crippen molar-refractivity contribution in [3.8, 4) is 0 Å². The Bertz CT molecular complexity index is 243. The van der Waals surface area contributed by atoms with Gasteiger partial charge in [0.2, 0.25) is 5.91 Å². The third-order valence-corrected chi connectivity index (χ3v) is 4.65. The topological polar surface area (TPSA) is 23.6 Å². The Morgan fingerprint density at radius 2 is 1.50 bits per heavy atom. The lowest BCUT2D eigenvalue weighted by molar-refractivity contribution is -0.127. The first-order chi connectivity index (χ1) is 7.77. The molecule has 0 radical (unpaired) electrons. The molecule has 0 spiro atoms. The lowest BCUT2D eigenvalue weighted by Gasteiger charge is -2.19. The molecule has 90 valence electrons. The largest absolute Gasteiger partial charge is 0.358 e. The number of thioether (sulfide) groups is 1. The zero-order chi connectivity index (χ0) is 11.4. The summed E-state index contributed by atoms with van der Waals surface area (Å²) in [4.78, 5) is 16.0. The van der Waals surface area contributed by atoms with E-state index < -0.39 is 0 Å². The van der Waals surface area contributed by atoms with Crippen molar-refractivity contribution >= 4 is 34.2 Å². The van der Waals surface area contributed by atoms with E-state index in [2.05, 4.69) is 4.90 Å². The molecule has 0 aromatic heterocycles. The van der Waals surface area contributed by atoms with Crippen LogP contribution < -0.4 is 0 Å². The van der Waals surface area contributed by atoms with Gasteiger partial charge in [0, 0.05) is 26.2 Å². The van der Waals surface area contributed by atoms with Crippen LogP contribution in [0.4, 0.5) is 0 Å². The van der Waals surface area contributed by atoms with Crippen LogP contribution in [0.5, 0.6) is 0 Å². The number of carbonyl (C=O) groups is 1. The molecule has 0 saturated carbocycles. The summed E-state index contributed by atoms with van der Waals surface area (Å²) in [6.45, 7) is 4.03. The summed E-state index contributed by atoms with van der Waals surface area (Å²) in [6.07, 6.45) is 4.79. The predicted molar refractivity (Wildman–Crippen MR) is 71.7 cm³/mol. The van der Waals surface area contributed by atoms with Crippen molar-refractivity contribution in [2.75, 3.05) is 31.9 Å². The summed E-state index contributed by atoms with van der Waals surface area (Å²) in [5.74, 6) is 0.777. The first-order valence-electron chi connectivity index (χ1n) is 5.97. The summed E-state index contributed by atoms with van der Waals surface area (Å²) >= 11 is 6.86. The molecule has 2 heterocycles. The Labute approximate surface area is 107 Å². The van der Waals surface area contributed by atoms with Crippen LogP contribution in [0.1, 0.15) is 25.7 Å². The summed E-state index contributed by atoms with van der Waals surface area (Å²) in [6, 6.07) is 0. The number of likely N-dealkylation sites (tertiary alicyclic amines) is 2. The Morgan fingerprint density at radius 1 is 1.00 bits per heavy atom. The molecule has 1 amide bonds. The van der Waals surface area contributed by atoms with Crippen molar-refractivity contribution < 1.29 is 4.79 Å². The smallest absolute Gasteiger partial charge is 0.233 e. The van der Waals surface area contributed by atoms with E-state index >= 15 is 0 Å². The predicted octanol–water partition coefficient (Wildman–Crippen LogP) is 1.72. The molecule has 0 aliphatic carbocycles. The maximum atomic E-state index is 11.8. The summed E-state index contributed by atoms with van der Waals surface area (Å²) in [5.41, 5.74) is 0. The summed E-state index contributed by atoms with van der Waals surface area (Å²) < 4.78 is 0.907. The SMILES string of the molecule is O=C(CSC(=S)N1CCCC1)N1CCCC1. The molecule has 0 atom stereocenters. The van der Waals surface area contributed by atoms with Gasteiger partial charge < -0.3 is 9.80 Å². The minimum atomic E-state index is 0.254. The van der Waals surface area contributed by atoms with Crippen LogP contribution in [0, 0.1) is 0 Å². The Kier molecular flexibility index (Phi) is 4.46. The molecule has 0 aromatic rings. The third-order valence-electron chi connectivity index (χ3n) is 3.14. The van der Waals surface area contributed by atoms with Crippen LogP contribution in [0.3, 0.4) is 0 Å². The van der Waals surface area contributed by atoms with Crippen LogP contribution in [-0.2, 0) is 4.79 Å². The monoisotopic (exact) mass is 258 g/mol. The van der Waals surface area contributed by atoms with E-state index in [-0.39, 0.29) is 5.91 Å². The second-order valence-corrected chi connectivity index (χ2v) is 5.95. The Morgan fingerprint density at radius 3 is 2.06 bits per heavy atom. The molecule has 2 aliphatic rings. The zero-order valence-corrected chi connectivity index (χ0v) is 11.1. The average molecular weight is 258 g/mol. The van der Waals surface area contributed by atoms with E-state index in [9.17, 15) is 4.79 Å². The van der Waals surface area contributed by atoms with E-state index in [1.807, 2.05) is 4.90 Å². The summed E-state index contributed by atoms with van der Waals surface area (Å²) in [5, 5.41) is 0. The van der Waals surface area contributed by atoms with Gasteiger partial charge >= 0.3 is 0 Å². The Balaban J connectivity index is 1.69. The second-order valence-electron chi connectivity index (χ2n) is 4.34. The fourth-order valence-electron chi connectivity index (χ4n) is 2.17. The van der Waals surface area contributed by atoms with Crippen LogP contribution in [-0.4, -0.2) is 52.0 Å². The maximum absolute atomic E-state index is 11.8. The molecule has 2 aliphatic heterocycles. The van der Waals surface area contributed by atoms with Crippen LogP contribution in [0.25, 0.3) is 0 Å². The number of hydrogen-bond acceptors (Lipinski definition) is 3. The van der Waals surface area contributed by atoms with Crippen molar-refractivity contribution in [2.45, 2.75) is 25.7 Å². The van der Waals surface area contributed by atoms with Crippen molar-refractivity contribution in [1.82, 2.24) is 9.80 Å². The van der Waals surface area contributed by atoms with Gasteiger partial charge in [-0.3, -0.25) is 4.79 Å². The molecule has 3 nitrogen and oxygen atoms in total. The van der Waals surface area contributed by atoms with Gasteiger partial charge in [0.25, 0.3) is 0 Å². The highest BCUT2D eigenvalue weighted by Crippen LogP contribution is 2.17. The van der Waals surface area contributed by atoms with Crippen LogP contribution in [0.2, 0.25) is 0 Å². The van der Waals surface area contributed by atoms with Crippen molar-refractivity contribution in [2.24, 2.45) is 0 Å². The molecule has 5 heteroatoms. The minimum absolute atomic E-state index is 0.254. The van der Waals surface area contributed by atoms with E-state index in [1.54, 1.807) is 0 Å². The lowest BCUT2D eigenvalue weighted by atomic mass is 10.4. The highest BCUT2D eigenvalue weighted by molar-refractivity contribution is 8.23. The molecule has 0 aromatic carbocycles. The molecular weight excluding hydrogens is 240 g/mol. The highest BCUT2D eigenvalue weighted by atomic mass is 32.2.